The Hall–Kier alpha value is -3.44. The molecule has 3 aromatic carbocycles. The quantitative estimate of drug-likeness (QED) is 0.627. The normalized spacial score (nSPS) is 11.6. The average molecular weight is 360 g/mol. The van der Waals surface area contributed by atoms with Crippen molar-refractivity contribution in [2.75, 3.05) is 5.32 Å². The van der Waals surface area contributed by atoms with Gasteiger partial charge >= 0.3 is 5.97 Å². The number of nitrogens with one attached hydrogen (secondary N) is 1. The highest BCUT2D eigenvalue weighted by Gasteiger charge is 2.12. The number of hydrogen-bond donors (Lipinski definition) is 3. The summed E-state index contributed by atoms with van der Waals surface area (Å²) in [6, 6.07) is 23.4. The van der Waals surface area contributed by atoms with E-state index in [1.807, 2.05) is 48.5 Å². The lowest BCUT2D eigenvalue weighted by Gasteiger charge is -2.09. The van der Waals surface area contributed by atoms with E-state index in [0.29, 0.717) is 11.3 Å². The fourth-order valence-corrected chi connectivity index (χ4v) is 2.74. The lowest BCUT2D eigenvalue weighted by Crippen LogP contribution is -2.32. The van der Waals surface area contributed by atoms with Gasteiger partial charge in [0.1, 0.15) is 6.04 Å². The summed E-state index contributed by atoms with van der Waals surface area (Å²) < 4.78 is 0. The molecule has 0 aliphatic carbocycles. The number of carboxylic acids is 1. The zero-order valence-electron chi connectivity index (χ0n) is 14.6. The van der Waals surface area contributed by atoms with Gasteiger partial charge in [0.25, 0.3) is 5.91 Å². The van der Waals surface area contributed by atoms with E-state index in [9.17, 15) is 9.59 Å². The summed E-state index contributed by atoms with van der Waals surface area (Å²) in [4.78, 5) is 23.4. The van der Waals surface area contributed by atoms with Crippen LogP contribution in [0.4, 0.5) is 5.69 Å². The third kappa shape index (κ3) is 4.80. The Morgan fingerprint density at radius 1 is 0.889 bits per heavy atom. The Labute approximate surface area is 157 Å². The van der Waals surface area contributed by atoms with Gasteiger partial charge in [-0.2, -0.15) is 0 Å². The summed E-state index contributed by atoms with van der Waals surface area (Å²) in [5.41, 5.74) is 9.56. The second-order valence-corrected chi connectivity index (χ2v) is 6.25. The fraction of sp³-hybridized carbons (Fsp3) is 0.0909. The van der Waals surface area contributed by atoms with Crippen LogP contribution in [-0.4, -0.2) is 23.0 Å². The molecule has 0 saturated heterocycles. The van der Waals surface area contributed by atoms with Crippen LogP contribution < -0.4 is 11.1 Å². The van der Waals surface area contributed by atoms with Crippen LogP contribution in [0.15, 0.2) is 78.9 Å². The summed E-state index contributed by atoms with van der Waals surface area (Å²) >= 11 is 0. The van der Waals surface area contributed by atoms with Gasteiger partial charge in [0.05, 0.1) is 0 Å². The van der Waals surface area contributed by atoms with Crippen molar-refractivity contribution in [1.82, 2.24) is 0 Å². The topological polar surface area (TPSA) is 92.4 Å². The van der Waals surface area contributed by atoms with E-state index in [2.05, 4.69) is 5.32 Å². The van der Waals surface area contributed by atoms with E-state index in [0.717, 1.165) is 16.7 Å². The van der Waals surface area contributed by atoms with E-state index in [-0.39, 0.29) is 12.3 Å². The molecule has 0 radical (unpaired) electrons. The Balaban J connectivity index is 1.69. The van der Waals surface area contributed by atoms with Gasteiger partial charge in [-0.25, -0.2) is 0 Å². The van der Waals surface area contributed by atoms with Gasteiger partial charge < -0.3 is 16.2 Å². The molecule has 1 atom stereocenters. The molecule has 27 heavy (non-hydrogen) atoms. The SMILES string of the molecule is N[C@@H](Cc1ccc(NC(=O)c2cccc(-c3ccccc3)c2)cc1)C(=O)O. The summed E-state index contributed by atoms with van der Waals surface area (Å²) in [5, 5.41) is 11.7. The highest BCUT2D eigenvalue weighted by molar-refractivity contribution is 6.05. The molecule has 0 unspecified atom stereocenters. The molecule has 5 nitrogen and oxygen atoms in total. The summed E-state index contributed by atoms with van der Waals surface area (Å²) in [5.74, 6) is -1.24. The zero-order chi connectivity index (χ0) is 19.2. The number of carboxylic acid groups (broad SMARTS) is 1. The maximum atomic E-state index is 12.5. The summed E-state index contributed by atoms with van der Waals surface area (Å²) in [7, 11) is 0. The predicted molar refractivity (Wildman–Crippen MR) is 106 cm³/mol. The minimum Gasteiger partial charge on any atom is -0.480 e. The van der Waals surface area contributed by atoms with E-state index in [1.54, 1.807) is 30.3 Å². The molecular formula is C22H20N2O3. The van der Waals surface area contributed by atoms with Crippen LogP contribution in [-0.2, 0) is 11.2 Å². The van der Waals surface area contributed by atoms with Crippen LogP contribution in [0, 0.1) is 0 Å². The Bertz CT molecular complexity index is 937. The molecule has 0 aliphatic rings. The minimum atomic E-state index is -1.04. The van der Waals surface area contributed by atoms with Crippen molar-refractivity contribution in [1.29, 1.82) is 0 Å². The third-order valence-corrected chi connectivity index (χ3v) is 4.22. The van der Waals surface area contributed by atoms with Crippen LogP contribution in [0.3, 0.4) is 0 Å². The van der Waals surface area contributed by atoms with Crippen LogP contribution in [0.25, 0.3) is 11.1 Å². The Morgan fingerprint density at radius 2 is 1.56 bits per heavy atom. The zero-order valence-corrected chi connectivity index (χ0v) is 14.6. The number of anilines is 1. The van der Waals surface area contributed by atoms with Gasteiger partial charge in [-0.15, -0.1) is 0 Å². The first kappa shape index (κ1) is 18.4. The maximum Gasteiger partial charge on any atom is 0.320 e. The number of benzene rings is 3. The molecule has 0 heterocycles. The van der Waals surface area contributed by atoms with Crippen molar-refractivity contribution in [2.24, 2.45) is 5.73 Å². The van der Waals surface area contributed by atoms with Crippen LogP contribution in [0.2, 0.25) is 0 Å². The van der Waals surface area contributed by atoms with Gasteiger partial charge in [0.2, 0.25) is 0 Å². The molecule has 5 heteroatoms. The Kier molecular flexibility index (Phi) is 5.64. The molecule has 0 aliphatic heterocycles. The summed E-state index contributed by atoms with van der Waals surface area (Å²) in [6.07, 6.45) is 0.239. The number of hydrogen-bond acceptors (Lipinski definition) is 3. The molecule has 3 aromatic rings. The summed E-state index contributed by atoms with van der Waals surface area (Å²) in [6.45, 7) is 0. The van der Waals surface area contributed by atoms with Crippen molar-refractivity contribution < 1.29 is 14.7 Å². The van der Waals surface area contributed by atoms with Gasteiger partial charge in [-0.1, -0.05) is 54.6 Å². The fourth-order valence-electron chi connectivity index (χ4n) is 2.74. The molecule has 136 valence electrons. The first-order valence-corrected chi connectivity index (χ1v) is 8.57. The molecule has 3 rings (SSSR count). The van der Waals surface area contributed by atoms with Crippen molar-refractivity contribution in [3.8, 4) is 11.1 Å². The van der Waals surface area contributed by atoms with E-state index < -0.39 is 12.0 Å². The van der Waals surface area contributed by atoms with Gasteiger partial charge in [-0.05, 0) is 47.4 Å². The molecule has 4 N–H and O–H groups in total. The number of aliphatic carboxylic acids is 1. The van der Waals surface area contributed by atoms with Crippen molar-refractivity contribution in [3.05, 3.63) is 90.0 Å². The van der Waals surface area contributed by atoms with E-state index in [4.69, 9.17) is 10.8 Å². The van der Waals surface area contributed by atoms with Gasteiger partial charge in [0.15, 0.2) is 0 Å². The van der Waals surface area contributed by atoms with Gasteiger partial charge in [0, 0.05) is 11.3 Å². The lowest BCUT2D eigenvalue weighted by atomic mass is 10.0. The number of amides is 1. The standard InChI is InChI=1S/C22H20N2O3/c23-20(22(26)27)13-15-9-11-19(12-10-15)24-21(25)18-8-4-7-17(14-18)16-5-2-1-3-6-16/h1-12,14,20H,13,23H2,(H,24,25)(H,26,27)/t20-/m0/s1. The second-order valence-electron chi connectivity index (χ2n) is 6.25. The van der Waals surface area contributed by atoms with Crippen LogP contribution in [0.1, 0.15) is 15.9 Å². The average Bonchev–Trinajstić information content (AvgIpc) is 2.70. The number of carbonyl (C=O) groups excluding carboxylic acids is 1. The molecular weight excluding hydrogens is 340 g/mol. The lowest BCUT2D eigenvalue weighted by molar-refractivity contribution is -0.138. The van der Waals surface area contributed by atoms with E-state index in [1.165, 1.54) is 0 Å². The first-order chi connectivity index (χ1) is 13.0. The van der Waals surface area contributed by atoms with Crippen LogP contribution in [0.5, 0.6) is 0 Å². The molecule has 0 bridgehead atoms. The molecule has 0 fully saturated rings. The highest BCUT2D eigenvalue weighted by atomic mass is 16.4. The highest BCUT2D eigenvalue weighted by Crippen LogP contribution is 2.21. The molecule has 0 spiro atoms. The second kappa shape index (κ2) is 8.29. The van der Waals surface area contributed by atoms with Crippen LogP contribution >= 0.6 is 0 Å². The molecule has 0 aromatic heterocycles. The van der Waals surface area contributed by atoms with Crippen molar-refractivity contribution >= 4 is 17.6 Å². The smallest absolute Gasteiger partial charge is 0.320 e. The third-order valence-electron chi connectivity index (χ3n) is 4.22. The predicted octanol–water partition coefficient (Wildman–Crippen LogP) is 3.56. The van der Waals surface area contributed by atoms with Gasteiger partial charge in [-0.3, -0.25) is 9.59 Å². The van der Waals surface area contributed by atoms with Crippen molar-refractivity contribution in [2.45, 2.75) is 12.5 Å². The monoisotopic (exact) mass is 360 g/mol. The first-order valence-electron chi connectivity index (χ1n) is 8.57. The van der Waals surface area contributed by atoms with E-state index >= 15 is 0 Å². The Morgan fingerprint density at radius 3 is 2.22 bits per heavy atom. The molecule has 0 saturated carbocycles. The largest absolute Gasteiger partial charge is 0.480 e. The maximum absolute atomic E-state index is 12.5. The number of carbonyl (C=O) groups is 2. The number of nitrogens with two attached hydrogens (primary N) is 1. The minimum absolute atomic E-state index is 0.206. The number of rotatable bonds is 6. The van der Waals surface area contributed by atoms with Crippen molar-refractivity contribution in [3.63, 3.8) is 0 Å². The molecule has 1 amide bonds.